The van der Waals surface area contributed by atoms with Gasteiger partial charge in [-0.1, -0.05) is 15.9 Å². The van der Waals surface area contributed by atoms with Crippen molar-refractivity contribution in [1.29, 1.82) is 0 Å². The molecule has 2 rings (SSSR count). The van der Waals surface area contributed by atoms with Gasteiger partial charge in [0, 0.05) is 30.1 Å². The van der Waals surface area contributed by atoms with Gasteiger partial charge in [0.2, 0.25) is 10.0 Å². The lowest BCUT2D eigenvalue weighted by molar-refractivity contribution is -0.137. The molecule has 0 radical (unpaired) electrons. The Morgan fingerprint density at radius 3 is 2.50 bits per heavy atom. The molecule has 10 heteroatoms. The van der Waals surface area contributed by atoms with Crippen molar-refractivity contribution in [2.24, 2.45) is 0 Å². The first-order chi connectivity index (χ1) is 9.62. The fraction of sp³-hybridized carbons (Fsp3) is 0.500. The summed E-state index contributed by atoms with van der Waals surface area (Å²) in [5, 5.41) is 3.04. The normalized spacial score (nSPS) is 20.5. The van der Waals surface area contributed by atoms with Gasteiger partial charge in [-0.25, -0.2) is 8.42 Å². The molecule has 1 N–H and O–H groups in total. The molecule has 0 amide bonds. The Morgan fingerprint density at radius 2 is 1.95 bits per heavy atom. The number of rotatable bonds is 2. The second-order valence-electron chi connectivity index (χ2n) is 4.84. The third kappa shape index (κ3) is 4.14. The predicted octanol–water partition coefficient (Wildman–Crippen LogP) is 2.87. The van der Waals surface area contributed by atoms with Gasteiger partial charge in [-0.15, -0.1) is 12.4 Å². The second kappa shape index (κ2) is 7.04. The van der Waals surface area contributed by atoms with Gasteiger partial charge in [0.1, 0.15) is 0 Å². The first-order valence-electron chi connectivity index (χ1n) is 6.23. The van der Waals surface area contributed by atoms with Gasteiger partial charge in [-0.3, -0.25) is 0 Å². The number of hydrogen-bond donors (Lipinski definition) is 1. The number of sulfonamides is 1. The molecule has 0 aromatic heterocycles. The number of nitrogens with zero attached hydrogens (tertiary/aromatic N) is 1. The van der Waals surface area contributed by atoms with Gasteiger partial charge in [0.15, 0.2) is 0 Å². The summed E-state index contributed by atoms with van der Waals surface area (Å²) in [4.78, 5) is -0.349. The standard InChI is InChI=1S/C12H14BrF3N2O2S.ClH/c1-8-7-17-2-3-18(8)21(19,20)11-5-9(12(14,15)16)4-10(13)6-11;/h4-6,8,17H,2-3,7H2,1H3;1H. The summed E-state index contributed by atoms with van der Waals surface area (Å²) in [6.45, 7) is 2.90. The molecule has 22 heavy (non-hydrogen) atoms. The number of nitrogens with one attached hydrogen (secondary N) is 1. The van der Waals surface area contributed by atoms with Crippen LogP contribution >= 0.6 is 28.3 Å². The van der Waals surface area contributed by atoms with E-state index in [0.29, 0.717) is 19.2 Å². The highest BCUT2D eigenvalue weighted by Gasteiger charge is 2.35. The van der Waals surface area contributed by atoms with Crippen LogP contribution in [-0.4, -0.2) is 38.4 Å². The molecule has 1 saturated heterocycles. The summed E-state index contributed by atoms with van der Waals surface area (Å²) in [6.07, 6.45) is -4.59. The summed E-state index contributed by atoms with van der Waals surface area (Å²) in [5.41, 5.74) is -0.988. The Hall–Kier alpha value is -0.350. The molecular weight excluding hydrogens is 409 g/mol. The van der Waals surface area contributed by atoms with Crippen LogP contribution in [0.2, 0.25) is 0 Å². The molecule has 4 nitrogen and oxygen atoms in total. The van der Waals surface area contributed by atoms with Crippen LogP contribution in [0.3, 0.4) is 0 Å². The highest BCUT2D eigenvalue weighted by molar-refractivity contribution is 9.10. The highest BCUT2D eigenvalue weighted by Crippen LogP contribution is 2.34. The lowest BCUT2D eigenvalue weighted by Crippen LogP contribution is -2.52. The molecule has 1 heterocycles. The molecule has 1 aliphatic heterocycles. The summed E-state index contributed by atoms with van der Waals surface area (Å²) in [5.74, 6) is 0. The molecule has 0 saturated carbocycles. The van der Waals surface area contributed by atoms with E-state index in [0.717, 1.165) is 6.07 Å². The molecule has 1 atom stereocenters. The molecule has 0 aliphatic carbocycles. The smallest absolute Gasteiger partial charge is 0.314 e. The zero-order valence-electron chi connectivity index (χ0n) is 11.5. The Bertz CT molecular complexity index is 640. The van der Waals surface area contributed by atoms with E-state index in [2.05, 4.69) is 21.2 Å². The minimum Gasteiger partial charge on any atom is -0.314 e. The Morgan fingerprint density at radius 1 is 1.32 bits per heavy atom. The van der Waals surface area contributed by atoms with E-state index in [1.165, 1.54) is 10.4 Å². The predicted molar refractivity (Wildman–Crippen MR) is 82.6 cm³/mol. The van der Waals surface area contributed by atoms with E-state index in [9.17, 15) is 21.6 Å². The van der Waals surface area contributed by atoms with Crippen LogP contribution in [0, 0.1) is 0 Å². The molecule has 1 aromatic carbocycles. The van der Waals surface area contributed by atoms with Gasteiger partial charge >= 0.3 is 6.18 Å². The molecule has 1 aromatic rings. The fourth-order valence-corrected chi connectivity index (χ4v) is 4.54. The molecular formula is C12H15BrClF3N2O2S. The van der Waals surface area contributed by atoms with Gasteiger partial charge in [0.25, 0.3) is 0 Å². The van der Waals surface area contributed by atoms with Crippen molar-refractivity contribution >= 4 is 38.4 Å². The van der Waals surface area contributed by atoms with Crippen LogP contribution in [0.4, 0.5) is 13.2 Å². The summed E-state index contributed by atoms with van der Waals surface area (Å²) in [6, 6.07) is 2.42. The Kier molecular flexibility index (Phi) is 6.30. The summed E-state index contributed by atoms with van der Waals surface area (Å²) < 4.78 is 64.8. The number of halogens is 5. The number of hydrogen-bond acceptors (Lipinski definition) is 3. The van der Waals surface area contributed by atoms with E-state index in [4.69, 9.17) is 0 Å². The fourth-order valence-electron chi connectivity index (χ4n) is 2.19. The number of benzene rings is 1. The topological polar surface area (TPSA) is 49.4 Å². The molecule has 0 bridgehead atoms. The third-order valence-corrected chi connectivity index (χ3v) is 5.69. The maximum absolute atomic E-state index is 12.8. The third-order valence-electron chi connectivity index (χ3n) is 3.25. The Labute approximate surface area is 141 Å². The van der Waals surface area contributed by atoms with E-state index in [1.807, 2.05) is 0 Å². The van der Waals surface area contributed by atoms with Crippen molar-refractivity contribution in [3.05, 3.63) is 28.2 Å². The monoisotopic (exact) mass is 422 g/mol. The van der Waals surface area contributed by atoms with Gasteiger partial charge in [0.05, 0.1) is 10.5 Å². The quantitative estimate of drug-likeness (QED) is 0.796. The maximum atomic E-state index is 12.8. The maximum Gasteiger partial charge on any atom is 0.416 e. The van der Waals surface area contributed by atoms with Gasteiger partial charge in [-0.05, 0) is 25.1 Å². The summed E-state index contributed by atoms with van der Waals surface area (Å²) >= 11 is 2.94. The minimum absolute atomic E-state index is 0. The number of alkyl halides is 3. The van der Waals surface area contributed by atoms with Crippen molar-refractivity contribution in [2.75, 3.05) is 19.6 Å². The van der Waals surface area contributed by atoms with Crippen LogP contribution in [0.1, 0.15) is 12.5 Å². The Balaban J connectivity index is 0.00000242. The molecule has 1 fully saturated rings. The van der Waals surface area contributed by atoms with Gasteiger partial charge in [-0.2, -0.15) is 17.5 Å². The number of piperazine rings is 1. The lowest BCUT2D eigenvalue weighted by Gasteiger charge is -2.33. The lowest BCUT2D eigenvalue weighted by atomic mass is 10.2. The second-order valence-corrected chi connectivity index (χ2v) is 7.65. The molecule has 1 aliphatic rings. The van der Waals surface area contributed by atoms with Crippen LogP contribution < -0.4 is 5.32 Å². The van der Waals surface area contributed by atoms with Crippen molar-refractivity contribution < 1.29 is 21.6 Å². The largest absolute Gasteiger partial charge is 0.416 e. The summed E-state index contributed by atoms with van der Waals surface area (Å²) in [7, 11) is -3.95. The minimum atomic E-state index is -4.59. The zero-order valence-corrected chi connectivity index (χ0v) is 14.7. The average molecular weight is 424 g/mol. The van der Waals surface area contributed by atoms with Crippen LogP contribution in [0.25, 0.3) is 0 Å². The zero-order chi connectivity index (χ0) is 15.8. The molecule has 126 valence electrons. The van der Waals surface area contributed by atoms with E-state index >= 15 is 0 Å². The first kappa shape index (κ1) is 19.7. The van der Waals surface area contributed by atoms with Crippen molar-refractivity contribution in [3.8, 4) is 0 Å². The van der Waals surface area contributed by atoms with Crippen LogP contribution in [-0.2, 0) is 16.2 Å². The van der Waals surface area contributed by atoms with Gasteiger partial charge < -0.3 is 5.32 Å². The first-order valence-corrected chi connectivity index (χ1v) is 8.46. The van der Waals surface area contributed by atoms with E-state index in [-0.39, 0.29) is 34.4 Å². The highest BCUT2D eigenvalue weighted by atomic mass is 79.9. The van der Waals surface area contributed by atoms with Crippen molar-refractivity contribution in [2.45, 2.75) is 24.0 Å². The SMILES string of the molecule is CC1CNCCN1S(=O)(=O)c1cc(Br)cc(C(F)(F)F)c1.Cl. The average Bonchev–Trinajstić information content (AvgIpc) is 2.37. The van der Waals surface area contributed by atoms with Crippen LogP contribution in [0.5, 0.6) is 0 Å². The van der Waals surface area contributed by atoms with Crippen LogP contribution in [0.15, 0.2) is 27.6 Å². The van der Waals surface area contributed by atoms with E-state index in [1.54, 1.807) is 6.92 Å². The van der Waals surface area contributed by atoms with Crippen molar-refractivity contribution in [1.82, 2.24) is 9.62 Å². The van der Waals surface area contributed by atoms with E-state index < -0.39 is 21.8 Å². The molecule has 0 spiro atoms. The van der Waals surface area contributed by atoms with Crippen molar-refractivity contribution in [3.63, 3.8) is 0 Å². The molecule has 1 unspecified atom stereocenters.